The zero-order chi connectivity index (χ0) is 16.7. The minimum absolute atomic E-state index is 0.0560. The third-order valence-corrected chi connectivity index (χ3v) is 4.98. The van der Waals surface area contributed by atoms with E-state index in [9.17, 15) is 9.59 Å². The number of rotatable bonds is 4. The first-order chi connectivity index (χ1) is 10.2. The van der Waals surface area contributed by atoms with Crippen LogP contribution in [0, 0.1) is 41.4 Å². The van der Waals surface area contributed by atoms with Crippen LogP contribution in [0.5, 0.6) is 0 Å². The lowest BCUT2D eigenvalue weighted by Gasteiger charge is -2.15. The Hall–Kier alpha value is -1.24. The van der Waals surface area contributed by atoms with Gasteiger partial charge in [0, 0.05) is 24.3 Å². The van der Waals surface area contributed by atoms with Crippen LogP contribution < -0.4 is 0 Å². The first-order valence-corrected chi connectivity index (χ1v) is 7.89. The molecule has 0 heterocycles. The van der Waals surface area contributed by atoms with Crippen molar-refractivity contribution in [2.75, 3.05) is 0 Å². The number of ketones is 1. The van der Waals surface area contributed by atoms with Gasteiger partial charge < -0.3 is 4.74 Å². The Kier molecular flexibility index (Phi) is 4.75. The largest absolute Gasteiger partial charge is 0.430 e. The first kappa shape index (κ1) is 17.1. The highest BCUT2D eigenvalue weighted by Gasteiger charge is 2.62. The van der Waals surface area contributed by atoms with Gasteiger partial charge in [0.05, 0.1) is 5.92 Å². The smallest absolute Gasteiger partial charge is 0.315 e. The topological polar surface area (TPSA) is 43.4 Å². The fourth-order valence-electron chi connectivity index (χ4n) is 3.10. The molecule has 0 N–H and O–H groups in total. The van der Waals surface area contributed by atoms with Gasteiger partial charge >= 0.3 is 5.97 Å². The maximum absolute atomic E-state index is 12.4. The van der Waals surface area contributed by atoms with Crippen molar-refractivity contribution in [1.29, 1.82) is 0 Å². The molecule has 0 spiro atoms. The molecule has 0 aromatic heterocycles. The highest BCUT2D eigenvalue weighted by molar-refractivity contribution is 6.55. The van der Waals surface area contributed by atoms with Crippen LogP contribution in [0.15, 0.2) is 22.4 Å². The van der Waals surface area contributed by atoms with E-state index in [0.29, 0.717) is 12.2 Å². The quantitative estimate of drug-likeness (QED) is 0.576. The number of halogens is 2. The van der Waals surface area contributed by atoms with Gasteiger partial charge in [0.25, 0.3) is 0 Å². The number of carbonyl (C=O) groups is 2. The number of allylic oxidation sites excluding steroid dienone is 3. The van der Waals surface area contributed by atoms with E-state index in [4.69, 9.17) is 34.4 Å². The third kappa shape index (κ3) is 3.09. The van der Waals surface area contributed by atoms with Gasteiger partial charge in [-0.25, -0.2) is 0 Å². The van der Waals surface area contributed by atoms with Crippen LogP contribution >= 0.6 is 23.2 Å². The Balaban J connectivity index is 2.05. The molecule has 0 aromatic rings. The molecule has 5 heteroatoms. The van der Waals surface area contributed by atoms with E-state index in [1.807, 2.05) is 20.8 Å². The predicted molar refractivity (Wildman–Crippen MR) is 85.8 cm³/mol. The summed E-state index contributed by atoms with van der Waals surface area (Å²) < 4.78 is 5.60. The Morgan fingerprint density at radius 3 is 2.68 bits per heavy atom. The second-order valence-electron chi connectivity index (χ2n) is 6.45. The van der Waals surface area contributed by atoms with Crippen molar-refractivity contribution >= 4 is 35.0 Å². The van der Waals surface area contributed by atoms with Crippen molar-refractivity contribution < 1.29 is 14.3 Å². The van der Waals surface area contributed by atoms with Gasteiger partial charge in [-0.15, -0.1) is 12.3 Å². The molecule has 0 bridgehead atoms. The summed E-state index contributed by atoms with van der Waals surface area (Å²) in [5.41, 5.74) is -0.253. The third-order valence-electron chi connectivity index (χ3n) is 4.73. The lowest BCUT2D eigenvalue weighted by molar-refractivity contribution is -0.142. The van der Waals surface area contributed by atoms with Crippen LogP contribution in [0.2, 0.25) is 0 Å². The summed E-state index contributed by atoms with van der Waals surface area (Å²) in [4.78, 5) is 24.2. The second kappa shape index (κ2) is 6.10. The molecule has 0 radical (unpaired) electrons. The number of terminal acetylenes is 1. The van der Waals surface area contributed by atoms with Crippen LogP contribution in [-0.2, 0) is 14.3 Å². The molecule has 4 atom stereocenters. The highest BCUT2D eigenvalue weighted by Crippen LogP contribution is 2.60. The summed E-state index contributed by atoms with van der Waals surface area (Å²) in [6, 6.07) is 0. The first-order valence-electron chi connectivity index (χ1n) is 7.13. The van der Waals surface area contributed by atoms with Crippen LogP contribution in [0.3, 0.4) is 0 Å². The molecule has 0 aromatic carbocycles. The standard InChI is InChI=1S/C17H18Cl2O3/c1-5-6-10-9(2)13(8-12(10)20)22-16(21)15-11(7-14(18)19)17(15,3)4/h1,7-11,15H,6H2,2-4H3/t9?,10?,11-,15+/m1/s1. The normalized spacial score (nSPS) is 32.0. The average molecular weight is 341 g/mol. The van der Waals surface area contributed by atoms with Gasteiger partial charge in [-0.05, 0) is 17.4 Å². The number of ether oxygens (including phenoxy) is 1. The molecule has 0 aliphatic heterocycles. The van der Waals surface area contributed by atoms with Gasteiger partial charge in [-0.3, -0.25) is 9.59 Å². The van der Waals surface area contributed by atoms with Crippen molar-refractivity contribution in [3.63, 3.8) is 0 Å². The van der Waals surface area contributed by atoms with E-state index in [0.717, 1.165) is 0 Å². The van der Waals surface area contributed by atoms with Crippen molar-refractivity contribution in [2.45, 2.75) is 27.2 Å². The Labute approximate surface area is 140 Å². The van der Waals surface area contributed by atoms with E-state index >= 15 is 0 Å². The summed E-state index contributed by atoms with van der Waals surface area (Å²) in [6.45, 7) is 5.75. The van der Waals surface area contributed by atoms with Gasteiger partial charge in [0.15, 0.2) is 5.78 Å². The number of hydrogen-bond acceptors (Lipinski definition) is 3. The van der Waals surface area contributed by atoms with Crippen molar-refractivity contribution in [3.8, 4) is 12.3 Å². The van der Waals surface area contributed by atoms with Gasteiger partial charge in [-0.1, -0.05) is 44.0 Å². The molecule has 1 saturated carbocycles. The average Bonchev–Trinajstić information content (AvgIpc) is 2.83. The van der Waals surface area contributed by atoms with E-state index < -0.39 is 0 Å². The number of carbonyl (C=O) groups excluding carboxylic acids is 2. The van der Waals surface area contributed by atoms with E-state index in [1.54, 1.807) is 6.08 Å². The fraction of sp³-hybridized carbons (Fsp3) is 0.529. The molecule has 3 nitrogen and oxygen atoms in total. The second-order valence-corrected chi connectivity index (χ2v) is 7.46. The van der Waals surface area contributed by atoms with Crippen molar-refractivity contribution in [1.82, 2.24) is 0 Å². The molecule has 2 unspecified atom stereocenters. The monoisotopic (exact) mass is 340 g/mol. The van der Waals surface area contributed by atoms with E-state index in [-0.39, 0.29) is 45.3 Å². The SMILES string of the molecule is C#CCC1C(=O)C=C(OC(=O)[C@@H]2[C@@H](C=C(Cl)Cl)C2(C)C)C1C. The minimum atomic E-state index is -0.354. The molecule has 2 rings (SSSR count). The Morgan fingerprint density at radius 2 is 2.14 bits per heavy atom. The fourth-order valence-corrected chi connectivity index (χ4v) is 3.38. The zero-order valence-corrected chi connectivity index (χ0v) is 14.2. The Morgan fingerprint density at radius 1 is 1.50 bits per heavy atom. The zero-order valence-electron chi connectivity index (χ0n) is 12.7. The highest BCUT2D eigenvalue weighted by atomic mass is 35.5. The molecule has 2 aliphatic rings. The van der Waals surface area contributed by atoms with E-state index in [1.165, 1.54) is 6.08 Å². The molecule has 2 aliphatic carbocycles. The molecule has 0 saturated heterocycles. The molecular weight excluding hydrogens is 323 g/mol. The summed E-state index contributed by atoms with van der Waals surface area (Å²) in [7, 11) is 0. The van der Waals surface area contributed by atoms with Crippen LogP contribution in [-0.4, -0.2) is 11.8 Å². The maximum Gasteiger partial charge on any atom is 0.315 e. The summed E-state index contributed by atoms with van der Waals surface area (Å²) in [6.07, 6.45) is 8.67. The predicted octanol–water partition coefficient (Wildman–Crippen LogP) is 3.86. The Bertz CT molecular complexity index is 606. The molecular formula is C17H18Cl2O3. The van der Waals surface area contributed by atoms with Crippen LogP contribution in [0.25, 0.3) is 0 Å². The van der Waals surface area contributed by atoms with Crippen LogP contribution in [0.4, 0.5) is 0 Å². The number of hydrogen-bond donors (Lipinski definition) is 0. The summed E-state index contributed by atoms with van der Waals surface area (Å²) in [5, 5.41) is 0. The van der Waals surface area contributed by atoms with Crippen molar-refractivity contribution in [2.24, 2.45) is 29.1 Å². The minimum Gasteiger partial charge on any atom is -0.430 e. The maximum atomic E-state index is 12.4. The number of esters is 1. The molecule has 22 heavy (non-hydrogen) atoms. The molecule has 118 valence electrons. The van der Waals surface area contributed by atoms with Crippen LogP contribution in [0.1, 0.15) is 27.2 Å². The lowest BCUT2D eigenvalue weighted by atomic mass is 9.93. The lowest BCUT2D eigenvalue weighted by Crippen LogP contribution is -2.17. The van der Waals surface area contributed by atoms with Gasteiger partial charge in [0.2, 0.25) is 0 Å². The van der Waals surface area contributed by atoms with Gasteiger partial charge in [0.1, 0.15) is 10.3 Å². The van der Waals surface area contributed by atoms with E-state index in [2.05, 4.69) is 5.92 Å². The van der Waals surface area contributed by atoms with Crippen molar-refractivity contribution in [3.05, 3.63) is 22.4 Å². The summed E-state index contributed by atoms with van der Waals surface area (Å²) >= 11 is 11.4. The molecule has 1 fully saturated rings. The van der Waals surface area contributed by atoms with Gasteiger partial charge in [-0.2, -0.15) is 0 Å². The molecule has 0 amide bonds. The summed E-state index contributed by atoms with van der Waals surface area (Å²) in [5.74, 6) is 1.61.